The molecule has 154 valence electrons. The van der Waals surface area contributed by atoms with Crippen molar-refractivity contribution < 1.29 is 16.8 Å². The fourth-order valence-corrected chi connectivity index (χ4v) is 6.13. The van der Waals surface area contributed by atoms with Crippen LogP contribution in [0.15, 0.2) is 88.7 Å². The molecule has 0 aromatic heterocycles. The maximum atomic E-state index is 13.3. The number of hydrogen-bond acceptors (Lipinski definition) is 4. The van der Waals surface area contributed by atoms with E-state index in [-0.39, 0.29) is 9.79 Å². The number of rotatable bonds is 5. The van der Waals surface area contributed by atoms with Gasteiger partial charge in [-0.2, -0.15) is 0 Å². The van der Waals surface area contributed by atoms with E-state index in [9.17, 15) is 16.8 Å². The molecule has 0 atom stereocenters. The third-order valence-electron chi connectivity index (χ3n) is 4.39. The van der Waals surface area contributed by atoms with Gasteiger partial charge in [-0.05, 0) is 50.2 Å². The molecule has 3 aromatic carbocycles. The topological polar surface area (TPSA) is 71.5 Å². The van der Waals surface area contributed by atoms with Crippen LogP contribution in [0.2, 0.25) is 0 Å². The molecule has 0 bridgehead atoms. The van der Waals surface area contributed by atoms with Gasteiger partial charge in [0, 0.05) is 5.56 Å². The van der Waals surface area contributed by atoms with Crippen LogP contribution in [0.1, 0.15) is 16.7 Å². The van der Waals surface area contributed by atoms with Crippen LogP contribution in [0, 0.1) is 25.7 Å². The summed E-state index contributed by atoms with van der Waals surface area (Å²) in [6.45, 7) is 3.15. The molecule has 3 rings (SSSR count). The Morgan fingerprint density at radius 3 is 1.53 bits per heavy atom. The number of hydrogen-bond donors (Lipinski definition) is 0. The molecule has 3 aromatic rings. The van der Waals surface area contributed by atoms with Gasteiger partial charge in [-0.15, -0.1) is 0 Å². The van der Waals surface area contributed by atoms with E-state index in [4.69, 9.17) is 0 Å². The standard InChI is InChI=1S/C23H21NO4S2/c1-19-10-14-22(15-11-19)29(25,26)24(18-6-9-21-7-4-3-5-8-21)30(27,28)23-16-12-20(2)13-17-23/h3-5,7-8,10-17H,18H2,1-2H3. The van der Waals surface area contributed by atoms with Crippen molar-refractivity contribution in [2.75, 3.05) is 6.54 Å². The Hall–Kier alpha value is -2.92. The van der Waals surface area contributed by atoms with Crippen LogP contribution in [0.4, 0.5) is 0 Å². The predicted molar refractivity (Wildman–Crippen MR) is 117 cm³/mol. The fourth-order valence-electron chi connectivity index (χ4n) is 2.68. The lowest BCUT2D eigenvalue weighted by Crippen LogP contribution is -2.37. The summed E-state index contributed by atoms with van der Waals surface area (Å²) in [6, 6.07) is 21.0. The first-order valence-corrected chi connectivity index (χ1v) is 12.0. The molecule has 0 aliphatic rings. The van der Waals surface area contributed by atoms with Crippen molar-refractivity contribution in [1.82, 2.24) is 3.71 Å². The smallest absolute Gasteiger partial charge is 0.206 e. The second kappa shape index (κ2) is 8.84. The van der Waals surface area contributed by atoms with E-state index in [1.54, 1.807) is 48.5 Å². The highest BCUT2D eigenvalue weighted by Crippen LogP contribution is 2.24. The molecule has 0 saturated heterocycles. The van der Waals surface area contributed by atoms with Gasteiger partial charge in [-0.3, -0.25) is 0 Å². The van der Waals surface area contributed by atoms with E-state index in [1.165, 1.54) is 24.3 Å². The van der Waals surface area contributed by atoms with Gasteiger partial charge in [0.25, 0.3) is 20.0 Å². The van der Waals surface area contributed by atoms with Crippen molar-refractivity contribution >= 4 is 20.0 Å². The van der Waals surface area contributed by atoms with Crippen LogP contribution < -0.4 is 0 Å². The quantitative estimate of drug-likeness (QED) is 0.568. The van der Waals surface area contributed by atoms with Crippen LogP contribution in [-0.2, 0) is 20.0 Å². The lowest BCUT2D eigenvalue weighted by Gasteiger charge is -2.20. The van der Waals surface area contributed by atoms with Crippen LogP contribution in [0.25, 0.3) is 0 Å². The van der Waals surface area contributed by atoms with Crippen LogP contribution >= 0.6 is 0 Å². The Balaban J connectivity index is 2.07. The van der Waals surface area contributed by atoms with Crippen LogP contribution in [-0.4, -0.2) is 27.1 Å². The van der Waals surface area contributed by atoms with Crippen molar-refractivity contribution in [1.29, 1.82) is 0 Å². The molecule has 0 heterocycles. The normalized spacial score (nSPS) is 11.7. The molecule has 30 heavy (non-hydrogen) atoms. The Labute approximate surface area is 178 Å². The van der Waals surface area contributed by atoms with Crippen molar-refractivity contribution in [3.63, 3.8) is 0 Å². The molecular weight excluding hydrogens is 418 g/mol. The Kier molecular flexibility index (Phi) is 6.42. The van der Waals surface area contributed by atoms with Crippen molar-refractivity contribution in [2.45, 2.75) is 23.6 Å². The van der Waals surface area contributed by atoms with E-state index >= 15 is 0 Å². The number of aryl methyl sites for hydroxylation is 2. The van der Waals surface area contributed by atoms with E-state index in [2.05, 4.69) is 11.8 Å². The second-order valence-corrected chi connectivity index (χ2v) is 10.7. The predicted octanol–water partition coefficient (Wildman–Crippen LogP) is 3.73. The summed E-state index contributed by atoms with van der Waals surface area (Å²) >= 11 is 0. The zero-order valence-corrected chi connectivity index (χ0v) is 18.2. The van der Waals surface area contributed by atoms with Gasteiger partial charge >= 0.3 is 0 Å². The van der Waals surface area contributed by atoms with Crippen molar-refractivity contribution in [2.24, 2.45) is 0 Å². The van der Waals surface area contributed by atoms with Gasteiger partial charge in [-0.25, -0.2) is 16.8 Å². The van der Waals surface area contributed by atoms with Gasteiger partial charge in [0.15, 0.2) is 0 Å². The minimum atomic E-state index is -4.35. The highest BCUT2D eigenvalue weighted by Gasteiger charge is 2.36. The summed E-state index contributed by atoms with van der Waals surface area (Å²) in [5.41, 5.74) is 2.40. The van der Waals surface area contributed by atoms with Gasteiger partial charge in [0.2, 0.25) is 0 Å². The van der Waals surface area contributed by atoms with E-state index in [0.29, 0.717) is 9.27 Å². The Bertz CT molecular complexity index is 1210. The Morgan fingerprint density at radius 2 is 1.10 bits per heavy atom. The van der Waals surface area contributed by atoms with E-state index in [1.807, 2.05) is 19.9 Å². The molecule has 0 amide bonds. The highest BCUT2D eigenvalue weighted by molar-refractivity contribution is 8.04. The SMILES string of the molecule is Cc1ccc(S(=O)(=O)N(CC#Cc2ccccc2)S(=O)(=O)c2ccc(C)cc2)cc1. The molecular formula is C23H21NO4S2. The van der Waals surface area contributed by atoms with Crippen molar-refractivity contribution in [3.8, 4) is 11.8 Å². The zero-order chi connectivity index (χ0) is 21.8. The zero-order valence-electron chi connectivity index (χ0n) is 16.6. The van der Waals surface area contributed by atoms with Gasteiger partial charge in [-0.1, -0.05) is 69.1 Å². The average molecular weight is 440 g/mol. The molecule has 0 saturated carbocycles. The lowest BCUT2D eigenvalue weighted by molar-refractivity contribution is 0.515. The van der Waals surface area contributed by atoms with E-state index in [0.717, 1.165) is 11.1 Å². The molecule has 0 aliphatic heterocycles. The van der Waals surface area contributed by atoms with Gasteiger partial charge in [0.05, 0.1) is 16.3 Å². The van der Waals surface area contributed by atoms with E-state index < -0.39 is 26.6 Å². The summed E-state index contributed by atoms with van der Waals surface area (Å²) in [4.78, 5) is -0.212. The second-order valence-electron chi connectivity index (χ2n) is 6.73. The van der Waals surface area contributed by atoms with Gasteiger partial charge < -0.3 is 0 Å². The number of nitrogens with zero attached hydrogens (tertiary/aromatic N) is 1. The minimum Gasteiger partial charge on any atom is -0.206 e. The van der Waals surface area contributed by atoms with Crippen LogP contribution in [0.3, 0.4) is 0 Å². The first kappa shape index (κ1) is 21.8. The first-order valence-electron chi connectivity index (χ1n) is 9.16. The third-order valence-corrected chi connectivity index (χ3v) is 8.63. The molecule has 0 unspecified atom stereocenters. The fraction of sp³-hybridized carbons (Fsp3) is 0.130. The maximum Gasteiger partial charge on any atom is 0.257 e. The summed E-state index contributed by atoms with van der Waals surface area (Å²) in [5.74, 6) is 5.51. The van der Waals surface area contributed by atoms with Crippen LogP contribution in [0.5, 0.6) is 0 Å². The first-order chi connectivity index (χ1) is 14.2. The molecule has 7 heteroatoms. The maximum absolute atomic E-state index is 13.3. The molecule has 0 N–H and O–H groups in total. The molecule has 5 nitrogen and oxygen atoms in total. The highest BCUT2D eigenvalue weighted by atomic mass is 32.3. The average Bonchev–Trinajstić information content (AvgIpc) is 2.72. The summed E-state index contributed by atoms with van der Waals surface area (Å²) in [5, 5.41) is 0. The number of sulfonamides is 2. The minimum absolute atomic E-state index is 0.106. The Morgan fingerprint density at radius 1 is 0.667 bits per heavy atom. The number of benzene rings is 3. The molecule has 0 aliphatic carbocycles. The van der Waals surface area contributed by atoms with Gasteiger partial charge in [0.1, 0.15) is 0 Å². The summed E-state index contributed by atoms with van der Waals surface area (Å²) in [7, 11) is -8.69. The third kappa shape index (κ3) is 4.79. The summed E-state index contributed by atoms with van der Waals surface area (Å²) in [6.07, 6.45) is 0. The largest absolute Gasteiger partial charge is 0.257 e. The molecule has 0 spiro atoms. The molecule has 0 radical (unpaired) electrons. The lowest BCUT2D eigenvalue weighted by atomic mass is 10.2. The molecule has 0 fully saturated rings. The monoisotopic (exact) mass is 439 g/mol. The summed E-state index contributed by atoms with van der Waals surface area (Å²) < 4.78 is 53.5. The van der Waals surface area contributed by atoms with Crippen molar-refractivity contribution in [3.05, 3.63) is 95.6 Å².